The molecule has 1 amide bonds. The maximum absolute atomic E-state index is 13.6. The fraction of sp³-hybridized carbons (Fsp3) is 0.500. The minimum absolute atomic E-state index is 0.00438. The lowest BCUT2D eigenvalue weighted by atomic mass is 10.1. The predicted molar refractivity (Wildman–Crippen MR) is 77.9 cm³/mol. The molecule has 1 aliphatic heterocycles. The average molecular weight is 332 g/mol. The summed E-state index contributed by atoms with van der Waals surface area (Å²) in [6.07, 6.45) is 0.0263. The topological polar surface area (TPSA) is 66.5 Å². The molecule has 0 aliphatic carbocycles. The van der Waals surface area contributed by atoms with Gasteiger partial charge in [-0.05, 0) is 6.07 Å². The second kappa shape index (κ2) is 6.70. The molecule has 1 aromatic rings. The first-order valence-electron chi connectivity index (χ1n) is 6.88. The zero-order chi connectivity index (χ0) is 16.3. The number of hydrogen-bond donors (Lipinski definition) is 1. The first-order chi connectivity index (χ1) is 10.3. The number of nitrogens with zero attached hydrogens (tertiary/aromatic N) is 1. The molecule has 1 aliphatic rings. The maximum atomic E-state index is 13.6. The molecule has 22 heavy (non-hydrogen) atoms. The van der Waals surface area contributed by atoms with Gasteiger partial charge in [-0.15, -0.1) is 0 Å². The maximum Gasteiger partial charge on any atom is 0.224 e. The standard InChI is InChI=1S/C14H18F2N2O3S/c1-18(8-10-2-3-11(15)6-13(10)16)14(19)7-12-9-22(20,21)5-4-17-12/h2-3,6,12,17H,4-5,7-9H2,1H3. The molecule has 1 N–H and O–H groups in total. The Balaban J connectivity index is 1.94. The van der Waals surface area contributed by atoms with E-state index < -0.39 is 27.5 Å². The molecular weight excluding hydrogens is 314 g/mol. The second-order valence-electron chi connectivity index (χ2n) is 5.46. The lowest BCUT2D eigenvalue weighted by Gasteiger charge is -2.25. The van der Waals surface area contributed by atoms with Gasteiger partial charge in [0.25, 0.3) is 0 Å². The van der Waals surface area contributed by atoms with Crippen molar-refractivity contribution in [3.63, 3.8) is 0 Å². The van der Waals surface area contributed by atoms with E-state index in [9.17, 15) is 22.0 Å². The minimum Gasteiger partial charge on any atom is -0.341 e. The van der Waals surface area contributed by atoms with E-state index in [1.807, 2.05) is 0 Å². The van der Waals surface area contributed by atoms with E-state index in [4.69, 9.17) is 0 Å². The van der Waals surface area contributed by atoms with Crippen molar-refractivity contribution in [3.8, 4) is 0 Å². The van der Waals surface area contributed by atoms with Gasteiger partial charge in [0.05, 0.1) is 11.5 Å². The van der Waals surface area contributed by atoms with E-state index in [0.29, 0.717) is 6.54 Å². The van der Waals surface area contributed by atoms with Gasteiger partial charge in [0.2, 0.25) is 5.91 Å². The summed E-state index contributed by atoms with van der Waals surface area (Å²) in [6.45, 7) is 0.334. The number of carbonyl (C=O) groups is 1. The highest BCUT2D eigenvalue weighted by atomic mass is 32.2. The van der Waals surface area contributed by atoms with Crippen molar-refractivity contribution in [2.75, 3.05) is 25.1 Å². The van der Waals surface area contributed by atoms with Crippen molar-refractivity contribution in [3.05, 3.63) is 35.4 Å². The van der Waals surface area contributed by atoms with Crippen molar-refractivity contribution in [1.82, 2.24) is 10.2 Å². The quantitative estimate of drug-likeness (QED) is 0.881. The fourth-order valence-corrected chi connectivity index (χ4v) is 3.80. The van der Waals surface area contributed by atoms with Gasteiger partial charge in [0, 0.05) is 44.2 Å². The highest BCUT2D eigenvalue weighted by Gasteiger charge is 2.27. The van der Waals surface area contributed by atoms with E-state index >= 15 is 0 Å². The summed E-state index contributed by atoms with van der Waals surface area (Å²) in [6, 6.07) is 2.76. The number of halogens is 2. The lowest BCUT2D eigenvalue weighted by molar-refractivity contribution is -0.130. The number of carbonyl (C=O) groups excluding carboxylic acids is 1. The van der Waals surface area contributed by atoms with E-state index in [-0.39, 0.29) is 35.9 Å². The van der Waals surface area contributed by atoms with Crippen molar-refractivity contribution >= 4 is 15.7 Å². The highest BCUT2D eigenvalue weighted by Crippen LogP contribution is 2.13. The Kier molecular flexibility index (Phi) is 5.12. The monoisotopic (exact) mass is 332 g/mol. The molecule has 1 fully saturated rings. The fourth-order valence-electron chi connectivity index (χ4n) is 2.36. The summed E-state index contributed by atoms with van der Waals surface area (Å²) < 4.78 is 49.5. The Morgan fingerprint density at radius 1 is 1.41 bits per heavy atom. The van der Waals surface area contributed by atoms with Gasteiger partial charge in [0.1, 0.15) is 11.6 Å². The lowest BCUT2D eigenvalue weighted by Crippen LogP contribution is -2.47. The zero-order valence-electron chi connectivity index (χ0n) is 12.2. The van der Waals surface area contributed by atoms with Gasteiger partial charge in [-0.3, -0.25) is 4.79 Å². The Morgan fingerprint density at radius 2 is 2.14 bits per heavy atom. The van der Waals surface area contributed by atoms with E-state index in [2.05, 4.69) is 5.32 Å². The van der Waals surface area contributed by atoms with Crippen molar-refractivity contribution in [2.45, 2.75) is 19.0 Å². The van der Waals surface area contributed by atoms with Gasteiger partial charge in [-0.25, -0.2) is 17.2 Å². The molecular formula is C14H18F2N2O3S. The van der Waals surface area contributed by atoms with Crippen molar-refractivity contribution in [2.24, 2.45) is 0 Å². The summed E-state index contributed by atoms with van der Waals surface area (Å²) in [5.41, 5.74) is 0.210. The molecule has 0 aromatic heterocycles. The summed E-state index contributed by atoms with van der Waals surface area (Å²) in [7, 11) is -1.61. The van der Waals surface area contributed by atoms with Crippen LogP contribution in [0.2, 0.25) is 0 Å². The average Bonchev–Trinajstić information content (AvgIpc) is 2.40. The van der Waals surface area contributed by atoms with Crippen LogP contribution in [0, 0.1) is 11.6 Å². The Labute approximate surface area is 128 Å². The molecule has 0 radical (unpaired) electrons. The first-order valence-corrected chi connectivity index (χ1v) is 8.71. The van der Waals surface area contributed by atoms with Gasteiger partial charge < -0.3 is 10.2 Å². The molecule has 1 atom stereocenters. The van der Waals surface area contributed by atoms with E-state index in [1.54, 1.807) is 0 Å². The SMILES string of the molecule is CN(Cc1ccc(F)cc1F)C(=O)CC1CS(=O)(=O)CCN1. The highest BCUT2D eigenvalue weighted by molar-refractivity contribution is 7.91. The second-order valence-corrected chi connectivity index (χ2v) is 7.68. The number of amides is 1. The van der Waals surface area contributed by atoms with Crippen molar-refractivity contribution in [1.29, 1.82) is 0 Å². The minimum atomic E-state index is -3.11. The van der Waals surface area contributed by atoms with E-state index in [0.717, 1.165) is 12.1 Å². The van der Waals surface area contributed by atoms with Crippen LogP contribution in [0.3, 0.4) is 0 Å². The summed E-state index contributed by atoms with van der Waals surface area (Å²) in [5.74, 6) is -1.67. The predicted octanol–water partition coefficient (Wildman–Crippen LogP) is 0.700. The molecule has 1 unspecified atom stereocenters. The molecule has 1 heterocycles. The summed E-state index contributed by atoms with van der Waals surface area (Å²) >= 11 is 0. The third kappa shape index (κ3) is 4.48. The van der Waals surface area contributed by atoms with Crippen LogP contribution in [0.4, 0.5) is 8.78 Å². The molecule has 1 saturated heterocycles. The van der Waals surface area contributed by atoms with Crippen LogP contribution >= 0.6 is 0 Å². The zero-order valence-corrected chi connectivity index (χ0v) is 13.0. The molecule has 8 heteroatoms. The van der Waals surface area contributed by atoms with Gasteiger partial charge in [-0.1, -0.05) is 6.07 Å². The van der Waals surface area contributed by atoms with Crippen LogP contribution in [0.1, 0.15) is 12.0 Å². The molecule has 0 spiro atoms. The number of rotatable bonds is 4. The Hall–Kier alpha value is -1.54. The molecule has 0 saturated carbocycles. The van der Waals surface area contributed by atoms with Crippen LogP contribution in [-0.2, 0) is 21.2 Å². The third-order valence-corrected chi connectivity index (χ3v) is 5.31. The number of nitrogens with one attached hydrogen (secondary N) is 1. The van der Waals surface area contributed by atoms with Crippen LogP contribution in [0.15, 0.2) is 18.2 Å². The molecule has 2 rings (SSSR count). The normalized spacial score (nSPS) is 20.6. The number of hydrogen-bond acceptors (Lipinski definition) is 4. The van der Waals surface area contributed by atoms with Crippen LogP contribution in [-0.4, -0.2) is 50.4 Å². The largest absolute Gasteiger partial charge is 0.341 e. The molecule has 122 valence electrons. The van der Waals surface area contributed by atoms with Gasteiger partial charge in [-0.2, -0.15) is 0 Å². The molecule has 1 aromatic carbocycles. The summed E-state index contributed by atoms with van der Waals surface area (Å²) in [4.78, 5) is 13.4. The Morgan fingerprint density at radius 3 is 2.77 bits per heavy atom. The van der Waals surface area contributed by atoms with E-state index in [1.165, 1.54) is 18.0 Å². The molecule has 0 bridgehead atoms. The van der Waals surface area contributed by atoms with Crippen molar-refractivity contribution < 1.29 is 22.0 Å². The smallest absolute Gasteiger partial charge is 0.224 e. The Bertz CT molecular complexity index is 664. The first kappa shape index (κ1) is 16.8. The third-order valence-electron chi connectivity index (χ3n) is 3.57. The number of benzene rings is 1. The van der Waals surface area contributed by atoms with Gasteiger partial charge >= 0.3 is 0 Å². The van der Waals surface area contributed by atoms with Crippen LogP contribution in [0.25, 0.3) is 0 Å². The van der Waals surface area contributed by atoms with Crippen LogP contribution < -0.4 is 5.32 Å². The van der Waals surface area contributed by atoms with Crippen LogP contribution in [0.5, 0.6) is 0 Å². The summed E-state index contributed by atoms with van der Waals surface area (Å²) in [5, 5.41) is 2.99. The van der Waals surface area contributed by atoms with Gasteiger partial charge in [0.15, 0.2) is 9.84 Å². The molecule has 5 nitrogen and oxygen atoms in total. The number of sulfone groups is 1.